The maximum absolute atomic E-state index is 6.19. The molecule has 0 aromatic carbocycles. The van der Waals surface area contributed by atoms with Gasteiger partial charge in [-0.3, -0.25) is 0 Å². The molecule has 0 aromatic rings. The van der Waals surface area contributed by atoms with Crippen molar-refractivity contribution in [3.63, 3.8) is 0 Å². The first kappa shape index (κ1) is 14.8. The summed E-state index contributed by atoms with van der Waals surface area (Å²) in [6.07, 6.45) is 18.1. The second kappa shape index (κ2) is 7.26. The van der Waals surface area contributed by atoms with Gasteiger partial charge in [0.1, 0.15) is 0 Å². The Labute approximate surface area is 125 Å². The van der Waals surface area contributed by atoms with E-state index < -0.39 is 0 Å². The van der Waals surface area contributed by atoms with E-state index in [9.17, 15) is 0 Å². The highest BCUT2D eigenvalue weighted by molar-refractivity contribution is 4.92. The van der Waals surface area contributed by atoms with Crippen LogP contribution < -0.4 is 5.32 Å². The van der Waals surface area contributed by atoms with Crippen molar-refractivity contribution in [2.24, 2.45) is 5.92 Å². The summed E-state index contributed by atoms with van der Waals surface area (Å²) in [6.45, 7) is 2.23. The number of rotatable bonds is 4. The predicted molar refractivity (Wildman–Crippen MR) is 84.0 cm³/mol. The van der Waals surface area contributed by atoms with Gasteiger partial charge in [-0.05, 0) is 44.6 Å². The summed E-state index contributed by atoms with van der Waals surface area (Å²) in [5.41, 5.74) is 0.263. The van der Waals surface area contributed by atoms with Crippen molar-refractivity contribution in [3.05, 3.63) is 0 Å². The van der Waals surface area contributed by atoms with E-state index in [0.29, 0.717) is 0 Å². The van der Waals surface area contributed by atoms with Crippen molar-refractivity contribution in [3.8, 4) is 0 Å². The molecule has 1 unspecified atom stereocenters. The van der Waals surface area contributed by atoms with Crippen LogP contribution in [0.5, 0.6) is 0 Å². The quantitative estimate of drug-likeness (QED) is 0.822. The molecular formula is C18H33NO. The molecule has 1 aliphatic heterocycles. The van der Waals surface area contributed by atoms with Crippen molar-refractivity contribution in [2.45, 2.75) is 95.1 Å². The molecule has 1 N–H and O–H groups in total. The fraction of sp³-hybridized carbons (Fsp3) is 1.00. The maximum Gasteiger partial charge on any atom is 0.0697 e. The zero-order chi connectivity index (χ0) is 13.7. The van der Waals surface area contributed by atoms with Crippen LogP contribution in [0.3, 0.4) is 0 Å². The highest BCUT2D eigenvalue weighted by Crippen LogP contribution is 2.38. The lowest BCUT2D eigenvalue weighted by Crippen LogP contribution is -2.48. The van der Waals surface area contributed by atoms with Gasteiger partial charge in [0.25, 0.3) is 0 Å². The molecule has 1 atom stereocenters. The predicted octanol–water partition coefficient (Wildman–Crippen LogP) is 4.43. The Morgan fingerprint density at radius 3 is 2.45 bits per heavy atom. The standard InChI is InChI=1S/C18H33NO/c1-3-7-16(8-4-1)9-13-19-17-10-14-20-18(15-17)11-5-2-6-12-18/h16-17,19H,1-15H2. The van der Waals surface area contributed by atoms with E-state index in [-0.39, 0.29) is 5.60 Å². The molecule has 0 radical (unpaired) electrons. The Morgan fingerprint density at radius 2 is 1.65 bits per heavy atom. The molecule has 2 saturated carbocycles. The SMILES string of the molecule is C1CCC(CCNC2CCOC3(CCCCC3)C2)CC1. The van der Waals surface area contributed by atoms with Crippen LogP contribution >= 0.6 is 0 Å². The van der Waals surface area contributed by atoms with E-state index in [1.807, 2.05) is 0 Å². The molecule has 1 saturated heterocycles. The molecule has 3 rings (SSSR count). The third kappa shape index (κ3) is 3.98. The first-order valence-corrected chi connectivity index (χ1v) is 9.24. The number of hydrogen-bond donors (Lipinski definition) is 1. The molecule has 20 heavy (non-hydrogen) atoms. The summed E-state index contributed by atoms with van der Waals surface area (Å²) >= 11 is 0. The lowest BCUT2D eigenvalue weighted by molar-refractivity contribution is -0.109. The largest absolute Gasteiger partial charge is 0.375 e. The molecule has 2 heteroatoms. The van der Waals surface area contributed by atoms with Gasteiger partial charge in [0.2, 0.25) is 0 Å². The van der Waals surface area contributed by atoms with E-state index in [2.05, 4.69) is 5.32 Å². The third-order valence-electron chi connectivity index (χ3n) is 5.97. The monoisotopic (exact) mass is 279 g/mol. The van der Waals surface area contributed by atoms with Gasteiger partial charge in [-0.1, -0.05) is 51.4 Å². The lowest BCUT2D eigenvalue weighted by Gasteiger charge is -2.44. The smallest absolute Gasteiger partial charge is 0.0697 e. The van der Waals surface area contributed by atoms with Crippen LogP contribution in [-0.2, 0) is 4.74 Å². The third-order valence-corrected chi connectivity index (χ3v) is 5.97. The summed E-state index contributed by atoms with van der Waals surface area (Å²) in [5.74, 6) is 1.01. The second-order valence-electron chi connectivity index (χ2n) is 7.53. The van der Waals surface area contributed by atoms with E-state index >= 15 is 0 Å². The molecule has 1 heterocycles. The minimum absolute atomic E-state index is 0.263. The first-order chi connectivity index (χ1) is 9.86. The first-order valence-electron chi connectivity index (χ1n) is 9.24. The zero-order valence-electron chi connectivity index (χ0n) is 13.2. The van der Waals surface area contributed by atoms with Gasteiger partial charge in [-0.25, -0.2) is 0 Å². The van der Waals surface area contributed by atoms with E-state index in [0.717, 1.165) is 18.6 Å². The van der Waals surface area contributed by atoms with Gasteiger partial charge in [0, 0.05) is 12.6 Å². The number of nitrogens with one attached hydrogen (secondary N) is 1. The molecule has 2 nitrogen and oxygen atoms in total. The molecule has 0 aromatic heterocycles. The lowest BCUT2D eigenvalue weighted by atomic mass is 9.78. The molecule has 2 aliphatic carbocycles. The summed E-state index contributed by atoms with van der Waals surface area (Å²) < 4.78 is 6.19. The van der Waals surface area contributed by atoms with Gasteiger partial charge in [-0.2, -0.15) is 0 Å². The fourth-order valence-electron chi connectivity index (χ4n) is 4.71. The Kier molecular flexibility index (Phi) is 5.39. The maximum atomic E-state index is 6.19. The molecule has 3 fully saturated rings. The zero-order valence-corrected chi connectivity index (χ0v) is 13.2. The van der Waals surface area contributed by atoms with E-state index in [1.54, 1.807) is 0 Å². The summed E-state index contributed by atoms with van der Waals surface area (Å²) in [6, 6.07) is 0.727. The van der Waals surface area contributed by atoms with E-state index in [4.69, 9.17) is 4.74 Å². The Bertz CT molecular complexity index is 274. The molecule has 0 bridgehead atoms. The number of ether oxygens (including phenoxy) is 1. The van der Waals surface area contributed by atoms with Crippen LogP contribution in [0.1, 0.15) is 83.5 Å². The van der Waals surface area contributed by atoms with Crippen LogP contribution in [0, 0.1) is 5.92 Å². The van der Waals surface area contributed by atoms with Gasteiger partial charge >= 0.3 is 0 Å². The van der Waals surface area contributed by atoms with Gasteiger partial charge in [0.15, 0.2) is 0 Å². The minimum Gasteiger partial charge on any atom is -0.375 e. The summed E-state index contributed by atoms with van der Waals surface area (Å²) in [7, 11) is 0. The molecule has 3 aliphatic rings. The topological polar surface area (TPSA) is 21.3 Å². The van der Waals surface area contributed by atoms with Crippen LogP contribution in [0.25, 0.3) is 0 Å². The van der Waals surface area contributed by atoms with Crippen molar-refractivity contribution < 1.29 is 4.74 Å². The van der Waals surface area contributed by atoms with Crippen LogP contribution in [-0.4, -0.2) is 24.8 Å². The van der Waals surface area contributed by atoms with Crippen molar-refractivity contribution in [2.75, 3.05) is 13.2 Å². The average molecular weight is 279 g/mol. The van der Waals surface area contributed by atoms with Gasteiger partial charge < -0.3 is 10.1 Å². The Balaban J connectivity index is 1.38. The second-order valence-corrected chi connectivity index (χ2v) is 7.53. The molecule has 116 valence electrons. The average Bonchev–Trinajstić information content (AvgIpc) is 2.49. The van der Waals surface area contributed by atoms with Gasteiger partial charge in [-0.15, -0.1) is 0 Å². The van der Waals surface area contributed by atoms with Crippen LogP contribution in [0.2, 0.25) is 0 Å². The molecule has 0 amide bonds. The van der Waals surface area contributed by atoms with E-state index in [1.165, 1.54) is 90.0 Å². The van der Waals surface area contributed by atoms with Crippen LogP contribution in [0.4, 0.5) is 0 Å². The van der Waals surface area contributed by atoms with Crippen LogP contribution in [0.15, 0.2) is 0 Å². The van der Waals surface area contributed by atoms with Crippen molar-refractivity contribution >= 4 is 0 Å². The summed E-state index contributed by atoms with van der Waals surface area (Å²) in [4.78, 5) is 0. The van der Waals surface area contributed by atoms with Crippen molar-refractivity contribution in [1.29, 1.82) is 0 Å². The Morgan fingerprint density at radius 1 is 0.900 bits per heavy atom. The normalized spacial score (nSPS) is 31.5. The minimum atomic E-state index is 0.263. The fourth-order valence-corrected chi connectivity index (χ4v) is 4.71. The summed E-state index contributed by atoms with van der Waals surface area (Å²) in [5, 5.41) is 3.86. The number of hydrogen-bond acceptors (Lipinski definition) is 2. The molecule has 1 spiro atoms. The highest BCUT2D eigenvalue weighted by atomic mass is 16.5. The van der Waals surface area contributed by atoms with Gasteiger partial charge in [0.05, 0.1) is 5.60 Å². The van der Waals surface area contributed by atoms with Crippen molar-refractivity contribution in [1.82, 2.24) is 5.32 Å². The Hall–Kier alpha value is -0.0800. The highest BCUT2D eigenvalue weighted by Gasteiger charge is 2.38. The molecular weight excluding hydrogens is 246 g/mol.